The number of carbonyl (C=O) groups excluding carboxylic acids is 3. The molecule has 0 aromatic heterocycles. The van der Waals surface area contributed by atoms with Crippen molar-refractivity contribution < 1.29 is 34.5 Å². The van der Waals surface area contributed by atoms with Gasteiger partial charge in [-0.15, -0.1) is 0 Å². The van der Waals surface area contributed by atoms with Gasteiger partial charge >= 0.3 is 5.97 Å². The minimum Gasteiger partial charge on any atom is -0.508 e. The molecule has 1 aromatic carbocycles. The number of phenols is 1. The standard InChI is InChI=1S/C20H30N4O7/c1-10(2)16(21)19(29)22-9-15(27)23-14(8-12-4-6-13(26)7-5-12)18(28)24-17(11(3)25)20(30)31/h4-7,10-11,14,16-17,25-26H,8-9,21H2,1-3H3,(H,22,29)(H,23,27)(H,24,28)(H,30,31). The lowest BCUT2D eigenvalue weighted by Crippen LogP contribution is -2.56. The Balaban J connectivity index is 2.89. The van der Waals surface area contributed by atoms with Crippen LogP contribution in [0.5, 0.6) is 5.75 Å². The third-order valence-corrected chi connectivity index (χ3v) is 4.52. The summed E-state index contributed by atoms with van der Waals surface area (Å²) >= 11 is 0. The van der Waals surface area contributed by atoms with Gasteiger partial charge in [0.25, 0.3) is 0 Å². The first-order chi connectivity index (χ1) is 14.4. The van der Waals surface area contributed by atoms with Crippen LogP contribution in [-0.4, -0.2) is 69.8 Å². The van der Waals surface area contributed by atoms with Gasteiger partial charge in [0.15, 0.2) is 6.04 Å². The quantitative estimate of drug-likeness (QED) is 0.216. The summed E-state index contributed by atoms with van der Waals surface area (Å²) in [5.74, 6) is -3.60. The number of aliphatic hydroxyl groups is 1. The topological polar surface area (TPSA) is 191 Å². The molecule has 0 aliphatic carbocycles. The number of hydrogen-bond acceptors (Lipinski definition) is 7. The zero-order valence-corrected chi connectivity index (χ0v) is 17.7. The maximum atomic E-state index is 12.6. The minimum atomic E-state index is -1.57. The van der Waals surface area contributed by atoms with Gasteiger partial charge < -0.3 is 37.0 Å². The van der Waals surface area contributed by atoms with E-state index in [1.165, 1.54) is 31.2 Å². The number of amides is 3. The fourth-order valence-electron chi connectivity index (χ4n) is 2.55. The summed E-state index contributed by atoms with van der Waals surface area (Å²) in [7, 11) is 0. The molecule has 0 bridgehead atoms. The number of hydrogen-bond donors (Lipinski definition) is 7. The molecule has 4 unspecified atom stereocenters. The lowest BCUT2D eigenvalue weighted by molar-refractivity contribution is -0.145. The van der Waals surface area contributed by atoms with E-state index < -0.39 is 54.5 Å². The van der Waals surface area contributed by atoms with E-state index in [2.05, 4.69) is 16.0 Å². The van der Waals surface area contributed by atoms with Gasteiger partial charge in [-0.1, -0.05) is 26.0 Å². The second-order valence-corrected chi connectivity index (χ2v) is 7.54. The van der Waals surface area contributed by atoms with E-state index in [1.807, 2.05) is 0 Å². The van der Waals surface area contributed by atoms with E-state index in [4.69, 9.17) is 10.8 Å². The number of aliphatic hydroxyl groups excluding tert-OH is 1. The third kappa shape index (κ3) is 8.60. The Morgan fingerprint density at radius 1 is 1.00 bits per heavy atom. The van der Waals surface area contributed by atoms with Crippen LogP contribution in [0, 0.1) is 5.92 Å². The normalized spacial score (nSPS) is 14.8. The summed E-state index contributed by atoms with van der Waals surface area (Å²) < 4.78 is 0. The molecular formula is C20H30N4O7. The van der Waals surface area contributed by atoms with Crippen LogP contribution in [0.4, 0.5) is 0 Å². The first kappa shape index (κ1) is 25.9. The number of nitrogens with two attached hydrogens (primary N) is 1. The van der Waals surface area contributed by atoms with Gasteiger partial charge in [0.05, 0.1) is 18.7 Å². The van der Waals surface area contributed by atoms with Crippen LogP contribution in [0.2, 0.25) is 0 Å². The SMILES string of the molecule is CC(C)C(N)C(=O)NCC(=O)NC(Cc1ccc(O)cc1)C(=O)NC(C(=O)O)C(C)O. The van der Waals surface area contributed by atoms with Crippen molar-refractivity contribution in [1.29, 1.82) is 0 Å². The molecule has 1 rings (SSSR count). The second-order valence-electron chi connectivity index (χ2n) is 7.54. The van der Waals surface area contributed by atoms with Crippen molar-refractivity contribution in [3.63, 3.8) is 0 Å². The van der Waals surface area contributed by atoms with E-state index in [0.717, 1.165) is 0 Å². The molecule has 0 saturated carbocycles. The maximum Gasteiger partial charge on any atom is 0.328 e. The Morgan fingerprint density at radius 3 is 2.06 bits per heavy atom. The average molecular weight is 438 g/mol. The van der Waals surface area contributed by atoms with Gasteiger partial charge in [-0.05, 0) is 30.5 Å². The Hall–Kier alpha value is -3.18. The number of rotatable bonds is 11. The lowest BCUT2D eigenvalue weighted by atomic mass is 10.0. The molecule has 31 heavy (non-hydrogen) atoms. The summed E-state index contributed by atoms with van der Waals surface area (Å²) in [6.45, 7) is 4.28. The van der Waals surface area contributed by atoms with Crippen LogP contribution < -0.4 is 21.7 Å². The minimum absolute atomic E-state index is 0.0121. The molecule has 0 aliphatic rings. The number of benzene rings is 1. The first-order valence-corrected chi connectivity index (χ1v) is 9.74. The van der Waals surface area contributed by atoms with Gasteiger partial charge in [-0.2, -0.15) is 0 Å². The molecule has 0 aliphatic heterocycles. The van der Waals surface area contributed by atoms with Gasteiger partial charge in [-0.25, -0.2) is 4.79 Å². The van der Waals surface area contributed by atoms with Crippen LogP contribution in [0.1, 0.15) is 26.3 Å². The molecule has 0 radical (unpaired) electrons. The number of carbonyl (C=O) groups is 4. The molecule has 172 valence electrons. The van der Waals surface area contributed by atoms with E-state index in [9.17, 15) is 29.4 Å². The fraction of sp³-hybridized carbons (Fsp3) is 0.500. The van der Waals surface area contributed by atoms with Gasteiger partial charge in [0.1, 0.15) is 11.8 Å². The first-order valence-electron chi connectivity index (χ1n) is 9.74. The predicted octanol–water partition coefficient (Wildman–Crippen LogP) is -1.53. The highest BCUT2D eigenvalue weighted by Crippen LogP contribution is 2.12. The van der Waals surface area contributed by atoms with E-state index in [-0.39, 0.29) is 18.1 Å². The lowest BCUT2D eigenvalue weighted by Gasteiger charge is -2.23. The molecule has 0 spiro atoms. The van der Waals surface area contributed by atoms with Crippen LogP contribution in [0.3, 0.4) is 0 Å². The molecule has 11 nitrogen and oxygen atoms in total. The van der Waals surface area contributed by atoms with Crippen molar-refractivity contribution >= 4 is 23.7 Å². The van der Waals surface area contributed by atoms with Crippen molar-refractivity contribution in [3.05, 3.63) is 29.8 Å². The van der Waals surface area contributed by atoms with Crippen molar-refractivity contribution in [2.45, 2.75) is 51.4 Å². The number of carboxylic acid groups (broad SMARTS) is 1. The predicted molar refractivity (Wildman–Crippen MR) is 111 cm³/mol. The van der Waals surface area contributed by atoms with Gasteiger partial charge in [0, 0.05) is 6.42 Å². The van der Waals surface area contributed by atoms with Crippen LogP contribution in [-0.2, 0) is 25.6 Å². The zero-order chi connectivity index (χ0) is 23.7. The number of phenolic OH excluding ortho intramolecular Hbond substituents is 1. The molecule has 8 N–H and O–H groups in total. The zero-order valence-electron chi connectivity index (χ0n) is 17.7. The molecule has 0 saturated heterocycles. The monoisotopic (exact) mass is 438 g/mol. The number of carboxylic acids is 1. The summed E-state index contributed by atoms with van der Waals surface area (Å²) in [6.07, 6.45) is -1.40. The Kier molecular flexibility index (Phi) is 9.90. The van der Waals surface area contributed by atoms with Gasteiger partial charge in [-0.3, -0.25) is 14.4 Å². The molecule has 11 heteroatoms. The highest BCUT2D eigenvalue weighted by atomic mass is 16.4. The van der Waals surface area contributed by atoms with Crippen molar-refractivity contribution in [2.24, 2.45) is 11.7 Å². The van der Waals surface area contributed by atoms with Crippen LogP contribution in [0.15, 0.2) is 24.3 Å². The number of aromatic hydroxyl groups is 1. The maximum absolute atomic E-state index is 12.6. The molecule has 4 atom stereocenters. The molecule has 0 heterocycles. The summed E-state index contributed by atoms with van der Waals surface area (Å²) in [4.78, 5) is 48.1. The average Bonchev–Trinajstić information content (AvgIpc) is 2.69. The summed E-state index contributed by atoms with van der Waals surface area (Å²) in [5, 5.41) is 35.2. The molecule has 0 fully saturated rings. The van der Waals surface area contributed by atoms with Crippen LogP contribution >= 0.6 is 0 Å². The van der Waals surface area contributed by atoms with E-state index in [0.29, 0.717) is 5.56 Å². The van der Waals surface area contributed by atoms with E-state index >= 15 is 0 Å². The van der Waals surface area contributed by atoms with Crippen molar-refractivity contribution in [3.8, 4) is 5.75 Å². The Labute approximate surface area is 180 Å². The fourth-order valence-corrected chi connectivity index (χ4v) is 2.55. The third-order valence-electron chi connectivity index (χ3n) is 4.52. The molecular weight excluding hydrogens is 408 g/mol. The van der Waals surface area contributed by atoms with E-state index in [1.54, 1.807) is 13.8 Å². The van der Waals surface area contributed by atoms with Crippen molar-refractivity contribution in [2.75, 3.05) is 6.54 Å². The van der Waals surface area contributed by atoms with Crippen LogP contribution in [0.25, 0.3) is 0 Å². The summed E-state index contributed by atoms with van der Waals surface area (Å²) in [5.41, 5.74) is 6.29. The highest BCUT2D eigenvalue weighted by Gasteiger charge is 2.30. The number of nitrogens with one attached hydrogen (secondary N) is 3. The summed E-state index contributed by atoms with van der Waals surface area (Å²) in [6, 6.07) is 2.30. The molecule has 1 aromatic rings. The second kappa shape index (κ2) is 11.9. The molecule has 3 amide bonds. The van der Waals surface area contributed by atoms with Gasteiger partial charge in [0.2, 0.25) is 17.7 Å². The highest BCUT2D eigenvalue weighted by molar-refractivity contribution is 5.92. The smallest absolute Gasteiger partial charge is 0.328 e. The Morgan fingerprint density at radius 2 is 1.58 bits per heavy atom. The number of aliphatic carboxylic acids is 1. The largest absolute Gasteiger partial charge is 0.508 e. The Bertz CT molecular complexity index is 780. The van der Waals surface area contributed by atoms with Crippen molar-refractivity contribution in [1.82, 2.24) is 16.0 Å².